The van der Waals surface area contributed by atoms with Crippen LogP contribution in [0.5, 0.6) is 5.75 Å². The molecule has 2 heteroatoms. The molecular formula is C25H20O2. The van der Waals surface area contributed by atoms with Crippen LogP contribution in [0.2, 0.25) is 0 Å². The van der Waals surface area contributed by atoms with Crippen molar-refractivity contribution in [2.45, 2.75) is 19.3 Å². The summed E-state index contributed by atoms with van der Waals surface area (Å²) in [6.07, 6.45) is 4.24. The normalized spacial score (nSPS) is 13.1. The lowest BCUT2D eigenvalue weighted by Gasteiger charge is -2.24. The second-order valence-corrected chi connectivity index (χ2v) is 7.16. The number of carbonyl (C=O) groups is 1. The van der Waals surface area contributed by atoms with Crippen molar-refractivity contribution in [3.05, 3.63) is 77.4 Å². The van der Waals surface area contributed by atoms with Gasteiger partial charge in [0.2, 0.25) is 0 Å². The van der Waals surface area contributed by atoms with Crippen LogP contribution in [0.15, 0.2) is 60.7 Å². The maximum absolute atomic E-state index is 11.9. The molecule has 5 rings (SSSR count). The van der Waals surface area contributed by atoms with Crippen LogP contribution in [0.25, 0.3) is 32.7 Å². The predicted molar refractivity (Wildman–Crippen MR) is 111 cm³/mol. The average Bonchev–Trinajstić information content (AvgIpc) is 2.74. The highest BCUT2D eigenvalue weighted by atomic mass is 16.5. The first-order valence-electron chi connectivity index (χ1n) is 9.40. The molecule has 0 heterocycles. The first-order valence-corrected chi connectivity index (χ1v) is 9.40. The van der Waals surface area contributed by atoms with Crippen molar-refractivity contribution in [1.82, 2.24) is 0 Å². The summed E-state index contributed by atoms with van der Waals surface area (Å²) in [6.45, 7) is 0. The zero-order valence-corrected chi connectivity index (χ0v) is 15.3. The Hall–Kier alpha value is -3.13. The Bertz CT molecular complexity index is 1200. The van der Waals surface area contributed by atoms with E-state index in [9.17, 15) is 4.79 Å². The van der Waals surface area contributed by atoms with E-state index in [2.05, 4.69) is 42.5 Å². The van der Waals surface area contributed by atoms with Crippen LogP contribution in [0, 0.1) is 0 Å². The molecule has 0 aliphatic heterocycles. The number of rotatable bonds is 3. The first-order chi connectivity index (χ1) is 13.3. The van der Waals surface area contributed by atoms with Crippen LogP contribution in [0.1, 0.15) is 27.9 Å². The lowest BCUT2D eigenvalue weighted by atomic mass is 9.80. The number of fused-ring (bicyclic) bond motifs is 2. The molecule has 0 amide bonds. The third-order valence-corrected chi connectivity index (χ3v) is 5.77. The third kappa shape index (κ3) is 2.37. The molecule has 1 aliphatic rings. The molecule has 0 fully saturated rings. The maximum atomic E-state index is 11.9. The highest BCUT2D eigenvalue weighted by Gasteiger charge is 2.22. The van der Waals surface area contributed by atoms with Gasteiger partial charge in [0, 0.05) is 5.56 Å². The van der Waals surface area contributed by atoms with E-state index in [0.29, 0.717) is 11.3 Å². The van der Waals surface area contributed by atoms with E-state index in [1.165, 1.54) is 38.2 Å². The monoisotopic (exact) mass is 352 g/mol. The summed E-state index contributed by atoms with van der Waals surface area (Å²) in [6, 6.07) is 21.0. The summed E-state index contributed by atoms with van der Waals surface area (Å²) in [5, 5.41) is 5.17. The Morgan fingerprint density at radius 2 is 1.70 bits per heavy atom. The van der Waals surface area contributed by atoms with Gasteiger partial charge in [0.1, 0.15) is 5.75 Å². The molecule has 1 aliphatic carbocycles. The van der Waals surface area contributed by atoms with E-state index in [1.807, 2.05) is 18.2 Å². The van der Waals surface area contributed by atoms with Gasteiger partial charge in [0.15, 0.2) is 6.29 Å². The number of aldehydes is 1. The van der Waals surface area contributed by atoms with Gasteiger partial charge in [-0.05, 0) is 81.3 Å². The summed E-state index contributed by atoms with van der Waals surface area (Å²) in [5.41, 5.74) is 5.67. The second kappa shape index (κ2) is 6.24. The highest BCUT2D eigenvalue weighted by molar-refractivity contribution is 6.17. The van der Waals surface area contributed by atoms with E-state index in [0.717, 1.165) is 31.1 Å². The average molecular weight is 352 g/mol. The predicted octanol–water partition coefficient (Wildman–Crippen LogP) is 5.97. The summed E-state index contributed by atoms with van der Waals surface area (Å²) in [7, 11) is 1.63. The fourth-order valence-corrected chi connectivity index (χ4v) is 4.62. The third-order valence-electron chi connectivity index (χ3n) is 5.77. The number of aryl methyl sites for hydroxylation is 2. The second-order valence-electron chi connectivity index (χ2n) is 7.16. The van der Waals surface area contributed by atoms with Gasteiger partial charge in [-0.25, -0.2) is 0 Å². The van der Waals surface area contributed by atoms with Gasteiger partial charge in [-0.3, -0.25) is 4.79 Å². The topological polar surface area (TPSA) is 26.3 Å². The Morgan fingerprint density at radius 3 is 2.52 bits per heavy atom. The minimum atomic E-state index is 0.679. The van der Waals surface area contributed by atoms with Gasteiger partial charge in [-0.2, -0.15) is 0 Å². The number of hydrogen-bond donors (Lipinski definition) is 0. The summed E-state index contributed by atoms with van der Waals surface area (Å²) in [4.78, 5) is 11.9. The van der Waals surface area contributed by atoms with Crippen LogP contribution in [-0.4, -0.2) is 13.4 Å². The minimum Gasteiger partial charge on any atom is -0.497 e. The Balaban J connectivity index is 1.98. The molecular weight excluding hydrogens is 332 g/mol. The first kappa shape index (κ1) is 16.1. The molecule has 0 unspecified atom stereocenters. The van der Waals surface area contributed by atoms with Crippen molar-refractivity contribution in [2.24, 2.45) is 0 Å². The van der Waals surface area contributed by atoms with Gasteiger partial charge in [-0.1, -0.05) is 42.5 Å². The van der Waals surface area contributed by atoms with Crippen molar-refractivity contribution >= 4 is 27.8 Å². The molecule has 0 aromatic heterocycles. The van der Waals surface area contributed by atoms with Crippen molar-refractivity contribution < 1.29 is 9.53 Å². The van der Waals surface area contributed by atoms with E-state index < -0.39 is 0 Å². The molecule has 4 aromatic carbocycles. The van der Waals surface area contributed by atoms with Crippen LogP contribution in [0.4, 0.5) is 0 Å². The number of benzene rings is 4. The zero-order chi connectivity index (χ0) is 18.4. The molecule has 0 spiro atoms. The van der Waals surface area contributed by atoms with Crippen molar-refractivity contribution in [3.8, 4) is 16.9 Å². The Labute approximate surface area is 158 Å². The maximum Gasteiger partial charge on any atom is 0.150 e. The summed E-state index contributed by atoms with van der Waals surface area (Å²) in [5.74, 6) is 0.709. The summed E-state index contributed by atoms with van der Waals surface area (Å²) < 4.78 is 5.33. The number of hydrogen-bond acceptors (Lipinski definition) is 2. The van der Waals surface area contributed by atoms with Crippen LogP contribution in [-0.2, 0) is 12.8 Å². The Morgan fingerprint density at radius 1 is 0.889 bits per heavy atom. The van der Waals surface area contributed by atoms with E-state index in [1.54, 1.807) is 7.11 Å². The molecule has 0 saturated carbocycles. The molecule has 132 valence electrons. The van der Waals surface area contributed by atoms with E-state index in [4.69, 9.17) is 4.74 Å². The molecule has 0 N–H and O–H groups in total. The van der Waals surface area contributed by atoms with Crippen molar-refractivity contribution in [1.29, 1.82) is 0 Å². The largest absolute Gasteiger partial charge is 0.497 e. The number of methoxy groups -OCH3 is 1. The molecule has 2 nitrogen and oxygen atoms in total. The van der Waals surface area contributed by atoms with Crippen molar-refractivity contribution in [3.63, 3.8) is 0 Å². The molecule has 0 radical (unpaired) electrons. The van der Waals surface area contributed by atoms with Crippen LogP contribution in [0.3, 0.4) is 0 Å². The summed E-state index contributed by atoms with van der Waals surface area (Å²) >= 11 is 0. The molecule has 0 atom stereocenters. The fourth-order valence-electron chi connectivity index (χ4n) is 4.62. The Kier molecular flexibility index (Phi) is 3.71. The zero-order valence-electron chi connectivity index (χ0n) is 15.3. The standard InChI is InChI=1S/C25H20O2/c1-27-18-12-13-19(17(14-18)15-26)25-22-9-3-2-8-20(22)21-10-4-6-16-7-5-11-23(25)24(16)21/h2-4,6,8-10,12-15H,5,7,11H2,1H3. The van der Waals surface area contributed by atoms with Crippen molar-refractivity contribution in [2.75, 3.05) is 7.11 Å². The minimum absolute atomic E-state index is 0.679. The van der Waals surface area contributed by atoms with Gasteiger partial charge in [0.05, 0.1) is 7.11 Å². The number of carbonyl (C=O) groups excluding carboxylic acids is 1. The van der Waals surface area contributed by atoms with E-state index in [-0.39, 0.29) is 0 Å². The van der Waals surface area contributed by atoms with Gasteiger partial charge < -0.3 is 4.74 Å². The SMILES string of the molecule is COc1ccc(-c2c3c4c(cccc4c4ccccc24)CCC3)c(C=O)c1. The quantitative estimate of drug-likeness (QED) is 0.335. The number of ether oxygens (including phenoxy) is 1. The van der Waals surface area contributed by atoms with E-state index >= 15 is 0 Å². The molecule has 0 bridgehead atoms. The smallest absolute Gasteiger partial charge is 0.150 e. The fraction of sp³-hybridized carbons (Fsp3) is 0.160. The van der Waals surface area contributed by atoms with Gasteiger partial charge >= 0.3 is 0 Å². The van der Waals surface area contributed by atoms with Crippen LogP contribution >= 0.6 is 0 Å². The lowest BCUT2D eigenvalue weighted by Crippen LogP contribution is -2.05. The lowest BCUT2D eigenvalue weighted by molar-refractivity contribution is 0.112. The van der Waals surface area contributed by atoms with Crippen LogP contribution < -0.4 is 4.74 Å². The van der Waals surface area contributed by atoms with Gasteiger partial charge in [0.25, 0.3) is 0 Å². The molecule has 27 heavy (non-hydrogen) atoms. The van der Waals surface area contributed by atoms with Gasteiger partial charge in [-0.15, -0.1) is 0 Å². The highest BCUT2D eigenvalue weighted by Crippen LogP contribution is 2.44. The molecule has 4 aromatic rings. The molecule has 0 saturated heterocycles.